The van der Waals surface area contributed by atoms with Crippen LogP contribution in [0.1, 0.15) is 24.2 Å². The number of amides is 2. The molecule has 2 amide bonds. The second kappa shape index (κ2) is 12.3. The van der Waals surface area contributed by atoms with Crippen molar-refractivity contribution in [3.8, 4) is 0 Å². The topological polar surface area (TPSA) is 110 Å². The highest BCUT2D eigenvalue weighted by atomic mass is 32.2. The van der Waals surface area contributed by atoms with E-state index in [-0.39, 0.29) is 35.9 Å². The van der Waals surface area contributed by atoms with Crippen molar-refractivity contribution in [1.29, 1.82) is 0 Å². The number of nitrogens with one attached hydrogen (secondary N) is 3. The van der Waals surface area contributed by atoms with Gasteiger partial charge in [-0.05, 0) is 42.7 Å². The van der Waals surface area contributed by atoms with E-state index in [9.17, 15) is 14.0 Å². The molecule has 35 heavy (non-hydrogen) atoms. The Morgan fingerprint density at radius 3 is 2.57 bits per heavy atom. The normalized spacial score (nSPS) is 15.1. The first-order chi connectivity index (χ1) is 17.1. The molecule has 0 saturated carbocycles. The molecule has 2 heterocycles. The van der Waals surface area contributed by atoms with Crippen molar-refractivity contribution in [1.82, 2.24) is 25.6 Å². The Hall–Kier alpha value is -3.44. The molecule has 3 aromatic rings. The average Bonchev–Trinajstić information content (AvgIpc) is 3.52. The van der Waals surface area contributed by atoms with Crippen molar-refractivity contribution >= 4 is 29.3 Å². The molecule has 1 aromatic heterocycles. The fourth-order valence-electron chi connectivity index (χ4n) is 3.61. The van der Waals surface area contributed by atoms with E-state index in [0.29, 0.717) is 24.1 Å². The van der Waals surface area contributed by atoms with Crippen LogP contribution in [0.5, 0.6) is 0 Å². The highest BCUT2D eigenvalue weighted by Crippen LogP contribution is 2.22. The van der Waals surface area contributed by atoms with Gasteiger partial charge >= 0.3 is 0 Å². The van der Waals surface area contributed by atoms with Gasteiger partial charge in [0.05, 0.1) is 31.4 Å². The Labute approximate surface area is 206 Å². The van der Waals surface area contributed by atoms with Crippen molar-refractivity contribution in [3.05, 3.63) is 71.8 Å². The third-order valence-corrected chi connectivity index (χ3v) is 6.35. The van der Waals surface area contributed by atoms with Crippen LogP contribution in [-0.4, -0.2) is 45.0 Å². The minimum atomic E-state index is -0.353. The van der Waals surface area contributed by atoms with Crippen LogP contribution in [0.2, 0.25) is 0 Å². The highest BCUT2D eigenvalue weighted by molar-refractivity contribution is 7.99. The van der Waals surface area contributed by atoms with Crippen LogP contribution in [0, 0.1) is 5.82 Å². The summed E-state index contributed by atoms with van der Waals surface area (Å²) in [5, 5.41) is 12.4. The van der Waals surface area contributed by atoms with Crippen LogP contribution >= 0.6 is 11.8 Å². The van der Waals surface area contributed by atoms with Gasteiger partial charge in [0.2, 0.25) is 11.8 Å². The fourth-order valence-corrected chi connectivity index (χ4v) is 4.38. The number of hydrazine groups is 1. The number of hydrogen-bond acceptors (Lipinski definition) is 7. The Balaban J connectivity index is 1.31. The maximum absolute atomic E-state index is 13.2. The summed E-state index contributed by atoms with van der Waals surface area (Å²) in [7, 11) is 0. The third-order valence-electron chi connectivity index (χ3n) is 5.38. The van der Waals surface area contributed by atoms with Gasteiger partial charge in [0, 0.05) is 12.3 Å². The van der Waals surface area contributed by atoms with Crippen LogP contribution in [-0.2, 0) is 33.8 Å². The number of benzene rings is 2. The first-order valence-corrected chi connectivity index (χ1v) is 12.3. The van der Waals surface area contributed by atoms with Crippen molar-refractivity contribution in [3.63, 3.8) is 0 Å². The molecular weight excluding hydrogens is 471 g/mol. The lowest BCUT2D eigenvalue weighted by Gasteiger charge is -2.15. The van der Waals surface area contributed by atoms with Crippen molar-refractivity contribution in [2.24, 2.45) is 0 Å². The molecule has 1 aliphatic rings. The number of halogens is 1. The van der Waals surface area contributed by atoms with Gasteiger partial charge in [0.15, 0.2) is 11.0 Å². The Morgan fingerprint density at radius 2 is 1.83 bits per heavy atom. The summed E-state index contributed by atoms with van der Waals surface area (Å²) in [4.78, 5) is 24.4. The van der Waals surface area contributed by atoms with E-state index in [0.717, 1.165) is 30.7 Å². The van der Waals surface area contributed by atoms with Gasteiger partial charge in [-0.1, -0.05) is 42.1 Å². The third kappa shape index (κ3) is 7.52. The second-order valence-corrected chi connectivity index (χ2v) is 8.99. The molecule has 1 fully saturated rings. The lowest BCUT2D eigenvalue weighted by atomic mass is 10.1. The van der Waals surface area contributed by atoms with Crippen LogP contribution < -0.4 is 16.2 Å². The second-order valence-electron chi connectivity index (χ2n) is 8.05. The molecule has 1 aliphatic heterocycles. The molecule has 11 heteroatoms. The van der Waals surface area contributed by atoms with Gasteiger partial charge in [-0.3, -0.25) is 20.4 Å². The lowest BCUT2D eigenvalue weighted by molar-refractivity contribution is -0.127. The van der Waals surface area contributed by atoms with Gasteiger partial charge in [-0.2, -0.15) is 0 Å². The van der Waals surface area contributed by atoms with E-state index in [4.69, 9.17) is 4.74 Å². The van der Waals surface area contributed by atoms with Crippen molar-refractivity contribution in [2.75, 3.05) is 17.7 Å². The smallest absolute Gasteiger partial charge is 0.248 e. The molecule has 1 atom stereocenters. The van der Waals surface area contributed by atoms with Crippen molar-refractivity contribution in [2.45, 2.75) is 43.6 Å². The molecule has 1 saturated heterocycles. The van der Waals surface area contributed by atoms with E-state index in [1.807, 2.05) is 34.9 Å². The van der Waals surface area contributed by atoms with Crippen LogP contribution in [0.3, 0.4) is 0 Å². The van der Waals surface area contributed by atoms with Crippen LogP contribution in [0.4, 0.5) is 10.1 Å². The number of anilines is 1. The number of ether oxygens (including phenoxy) is 1. The summed E-state index contributed by atoms with van der Waals surface area (Å²) in [5.41, 5.74) is 6.50. The monoisotopic (exact) mass is 498 g/mol. The largest absolute Gasteiger partial charge is 0.378 e. The molecule has 184 valence electrons. The van der Waals surface area contributed by atoms with Crippen LogP contribution in [0.15, 0.2) is 59.8 Å². The number of carbonyl (C=O) groups excluding carboxylic acids is 2. The fraction of sp³-hybridized carbons (Fsp3) is 0.333. The summed E-state index contributed by atoms with van der Waals surface area (Å²) in [6.07, 6.45) is 2.18. The molecule has 0 spiro atoms. The molecule has 0 unspecified atom stereocenters. The summed E-state index contributed by atoms with van der Waals surface area (Å²) in [5.74, 6) is -0.214. The Morgan fingerprint density at radius 1 is 1.06 bits per heavy atom. The van der Waals surface area contributed by atoms with Gasteiger partial charge in [-0.15, -0.1) is 10.2 Å². The molecule has 0 bridgehead atoms. The van der Waals surface area contributed by atoms with Gasteiger partial charge in [-0.25, -0.2) is 4.39 Å². The molecule has 2 aromatic carbocycles. The molecular formula is C24H27FN6O3S. The zero-order chi connectivity index (χ0) is 24.5. The SMILES string of the molecule is O=C(CSc1nnc(CNc2ccc(F)cc2)n1C[C@@H]1CCCO1)NNC(=O)Cc1ccccc1. The zero-order valence-electron chi connectivity index (χ0n) is 19.1. The van der Waals surface area contributed by atoms with Gasteiger partial charge < -0.3 is 14.6 Å². The predicted octanol–water partition coefficient (Wildman–Crippen LogP) is 2.69. The lowest BCUT2D eigenvalue weighted by Crippen LogP contribution is -2.43. The first-order valence-electron chi connectivity index (χ1n) is 11.3. The standard InChI is InChI=1S/C24H27FN6O3S/c25-18-8-10-19(11-9-18)26-14-21-27-30-24(31(21)15-20-7-4-12-34-20)35-16-23(33)29-28-22(32)13-17-5-2-1-3-6-17/h1-3,5-6,8-11,20,26H,4,7,12-16H2,(H,28,32)(H,29,33)/t20-/m0/s1. The molecule has 0 aliphatic carbocycles. The summed E-state index contributed by atoms with van der Waals surface area (Å²) < 4.78 is 20.9. The van der Waals surface area contributed by atoms with E-state index < -0.39 is 0 Å². The highest BCUT2D eigenvalue weighted by Gasteiger charge is 2.21. The minimum absolute atomic E-state index is 0.0562. The average molecular weight is 499 g/mol. The number of rotatable bonds is 10. The minimum Gasteiger partial charge on any atom is -0.378 e. The molecule has 0 radical (unpaired) electrons. The maximum atomic E-state index is 13.2. The first kappa shape index (κ1) is 24.7. The van der Waals surface area contributed by atoms with E-state index in [1.54, 1.807) is 12.1 Å². The maximum Gasteiger partial charge on any atom is 0.248 e. The summed E-state index contributed by atoms with van der Waals surface area (Å²) in [6.45, 7) is 1.68. The number of aromatic nitrogens is 3. The summed E-state index contributed by atoms with van der Waals surface area (Å²) >= 11 is 1.23. The van der Waals surface area contributed by atoms with E-state index in [2.05, 4.69) is 26.4 Å². The Bertz CT molecular complexity index is 1120. The molecule has 3 N–H and O–H groups in total. The Kier molecular flexibility index (Phi) is 8.68. The number of thioether (sulfide) groups is 1. The molecule has 9 nitrogen and oxygen atoms in total. The van der Waals surface area contributed by atoms with Gasteiger partial charge in [0.1, 0.15) is 5.82 Å². The molecule has 4 rings (SSSR count). The van der Waals surface area contributed by atoms with E-state index in [1.165, 1.54) is 23.9 Å². The number of hydrogen-bond donors (Lipinski definition) is 3. The number of nitrogens with zero attached hydrogens (tertiary/aromatic N) is 3. The summed E-state index contributed by atoms with van der Waals surface area (Å²) in [6, 6.07) is 15.4. The quantitative estimate of drug-likeness (QED) is 0.291. The van der Waals surface area contributed by atoms with Crippen molar-refractivity contribution < 1.29 is 18.7 Å². The zero-order valence-corrected chi connectivity index (χ0v) is 19.9. The number of carbonyl (C=O) groups is 2. The van der Waals surface area contributed by atoms with Crippen LogP contribution in [0.25, 0.3) is 0 Å². The van der Waals surface area contributed by atoms with Gasteiger partial charge in [0.25, 0.3) is 0 Å². The predicted molar refractivity (Wildman–Crippen MR) is 130 cm³/mol. The van der Waals surface area contributed by atoms with E-state index >= 15 is 0 Å².